The zero-order chi connectivity index (χ0) is 20.3. The number of hydrogen-bond acceptors (Lipinski definition) is 8. The van der Waals surface area contributed by atoms with Gasteiger partial charge in [0, 0.05) is 17.7 Å². The number of carbonyl (C=O) groups is 1. The van der Waals surface area contributed by atoms with Gasteiger partial charge in [-0.05, 0) is 37.3 Å². The van der Waals surface area contributed by atoms with Crippen LogP contribution in [-0.2, 0) is 4.74 Å². The largest absolute Gasteiger partial charge is 0.494 e. The lowest BCUT2D eigenvalue weighted by molar-refractivity contribution is -0.384. The number of rotatable bonds is 6. The van der Waals surface area contributed by atoms with Gasteiger partial charge in [0.05, 0.1) is 17.6 Å². The molecule has 144 valence electrons. The molecule has 0 amide bonds. The van der Waals surface area contributed by atoms with E-state index in [0.717, 1.165) is 6.07 Å². The van der Waals surface area contributed by atoms with E-state index in [4.69, 9.17) is 13.9 Å². The minimum Gasteiger partial charge on any atom is -0.494 e. The number of non-ortho nitro benzene ring substituents is 1. The normalized spacial score (nSPS) is 11.7. The second kappa shape index (κ2) is 7.82. The van der Waals surface area contributed by atoms with Crippen LogP contribution in [0.2, 0.25) is 0 Å². The minimum atomic E-state index is -0.892. The number of esters is 1. The molecule has 2 aromatic carbocycles. The summed E-state index contributed by atoms with van der Waals surface area (Å²) in [6, 6.07) is 9.23. The van der Waals surface area contributed by atoms with Crippen LogP contribution >= 0.6 is 0 Å². The number of hydrogen-bond donors (Lipinski definition) is 0. The lowest BCUT2D eigenvalue weighted by Gasteiger charge is -2.10. The van der Waals surface area contributed by atoms with E-state index in [1.165, 1.54) is 50.4 Å². The van der Waals surface area contributed by atoms with Crippen molar-refractivity contribution in [2.45, 2.75) is 13.0 Å². The standard InChI is InChI=1S/C18H14FN3O6/c1-10(27-18(23)12-5-8-15(26-2)14(19)9-12)16-20-21-17(28-16)11-3-6-13(7-4-11)22(24)25/h3-10H,1-2H3/t10-/m0/s1. The van der Waals surface area contributed by atoms with E-state index in [-0.39, 0.29) is 28.8 Å². The molecule has 28 heavy (non-hydrogen) atoms. The summed E-state index contributed by atoms with van der Waals surface area (Å²) in [4.78, 5) is 22.3. The van der Waals surface area contributed by atoms with Gasteiger partial charge < -0.3 is 13.9 Å². The Hall–Kier alpha value is -3.82. The van der Waals surface area contributed by atoms with Crippen molar-refractivity contribution in [1.29, 1.82) is 0 Å². The highest BCUT2D eigenvalue weighted by Gasteiger charge is 2.21. The molecule has 3 aromatic rings. The van der Waals surface area contributed by atoms with Crippen LogP contribution in [0.3, 0.4) is 0 Å². The van der Waals surface area contributed by atoms with E-state index in [9.17, 15) is 19.3 Å². The zero-order valence-corrected chi connectivity index (χ0v) is 14.8. The van der Waals surface area contributed by atoms with Gasteiger partial charge >= 0.3 is 5.97 Å². The maximum atomic E-state index is 13.7. The molecule has 1 aromatic heterocycles. The fourth-order valence-corrected chi connectivity index (χ4v) is 2.31. The number of methoxy groups -OCH3 is 1. The average Bonchev–Trinajstić information content (AvgIpc) is 3.18. The molecule has 0 unspecified atom stereocenters. The third-order valence-corrected chi connectivity index (χ3v) is 3.78. The Kier molecular flexibility index (Phi) is 5.30. The van der Waals surface area contributed by atoms with Crippen LogP contribution in [0.25, 0.3) is 11.5 Å². The first kappa shape index (κ1) is 19.0. The Morgan fingerprint density at radius 1 is 1.21 bits per heavy atom. The van der Waals surface area contributed by atoms with E-state index in [0.29, 0.717) is 5.56 Å². The Balaban J connectivity index is 1.71. The van der Waals surface area contributed by atoms with Crippen LogP contribution < -0.4 is 4.74 Å². The van der Waals surface area contributed by atoms with Gasteiger partial charge in [-0.2, -0.15) is 0 Å². The predicted molar refractivity (Wildman–Crippen MR) is 93.2 cm³/mol. The predicted octanol–water partition coefficient (Wildman–Crippen LogP) is 3.71. The molecule has 0 spiro atoms. The minimum absolute atomic E-state index is 0.000239. The van der Waals surface area contributed by atoms with Crippen LogP contribution in [0.4, 0.5) is 10.1 Å². The first-order chi connectivity index (χ1) is 13.4. The van der Waals surface area contributed by atoms with Gasteiger partial charge in [-0.15, -0.1) is 10.2 Å². The third-order valence-electron chi connectivity index (χ3n) is 3.78. The molecule has 0 saturated heterocycles. The van der Waals surface area contributed by atoms with Crippen molar-refractivity contribution in [2.24, 2.45) is 0 Å². The van der Waals surface area contributed by atoms with E-state index < -0.39 is 22.8 Å². The van der Waals surface area contributed by atoms with Gasteiger partial charge in [0.2, 0.25) is 5.89 Å². The first-order valence-corrected chi connectivity index (χ1v) is 8.01. The Labute approximate surface area is 157 Å². The van der Waals surface area contributed by atoms with Gasteiger partial charge in [-0.25, -0.2) is 9.18 Å². The Bertz CT molecular complexity index is 1020. The molecule has 3 rings (SSSR count). The lowest BCUT2D eigenvalue weighted by Crippen LogP contribution is -2.10. The van der Waals surface area contributed by atoms with Crippen molar-refractivity contribution >= 4 is 11.7 Å². The zero-order valence-electron chi connectivity index (χ0n) is 14.8. The van der Waals surface area contributed by atoms with Crippen LogP contribution in [0, 0.1) is 15.9 Å². The molecular formula is C18H14FN3O6. The fourth-order valence-electron chi connectivity index (χ4n) is 2.31. The topological polar surface area (TPSA) is 118 Å². The number of ether oxygens (including phenoxy) is 2. The number of nitro benzene ring substituents is 1. The second-order valence-electron chi connectivity index (χ2n) is 5.65. The van der Waals surface area contributed by atoms with Crippen LogP contribution in [0.5, 0.6) is 5.75 Å². The number of halogens is 1. The summed E-state index contributed by atoms with van der Waals surface area (Å²) >= 11 is 0. The highest BCUT2D eigenvalue weighted by Crippen LogP contribution is 2.25. The molecule has 0 saturated carbocycles. The van der Waals surface area contributed by atoms with Gasteiger partial charge in [0.25, 0.3) is 11.6 Å². The Morgan fingerprint density at radius 2 is 1.93 bits per heavy atom. The highest BCUT2D eigenvalue weighted by atomic mass is 19.1. The maximum absolute atomic E-state index is 13.7. The molecule has 9 nitrogen and oxygen atoms in total. The SMILES string of the molecule is COc1ccc(C(=O)O[C@@H](C)c2nnc(-c3ccc([N+](=O)[O-])cc3)o2)cc1F. The summed E-state index contributed by atoms with van der Waals surface area (Å²) in [5, 5.41) is 18.4. The van der Waals surface area contributed by atoms with Crippen molar-refractivity contribution in [3.63, 3.8) is 0 Å². The first-order valence-electron chi connectivity index (χ1n) is 8.01. The van der Waals surface area contributed by atoms with E-state index >= 15 is 0 Å². The molecule has 1 atom stereocenters. The molecule has 0 bridgehead atoms. The van der Waals surface area contributed by atoms with Crippen LogP contribution in [-0.4, -0.2) is 28.2 Å². The van der Waals surface area contributed by atoms with Crippen molar-refractivity contribution in [3.8, 4) is 17.2 Å². The van der Waals surface area contributed by atoms with Gasteiger partial charge in [0.15, 0.2) is 17.7 Å². The maximum Gasteiger partial charge on any atom is 0.339 e. The molecule has 0 N–H and O–H groups in total. The highest BCUT2D eigenvalue weighted by molar-refractivity contribution is 5.89. The molecule has 1 heterocycles. The van der Waals surface area contributed by atoms with Crippen molar-refractivity contribution in [2.75, 3.05) is 7.11 Å². The van der Waals surface area contributed by atoms with Crippen molar-refractivity contribution in [3.05, 3.63) is 69.9 Å². The van der Waals surface area contributed by atoms with Gasteiger partial charge in [0.1, 0.15) is 0 Å². The monoisotopic (exact) mass is 387 g/mol. The number of aromatic nitrogens is 2. The van der Waals surface area contributed by atoms with Gasteiger partial charge in [-0.1, -0.05) is 0 Å². The molecule has 0 radical (unpaired) electrons. The van der Waals surface area contributed by atoms with E-state index in [1.807, 2.05) is 0 Å². The summed E-state index contributed by atoms with van der Waals surface area (Å²) in [5.41, 5.74) is 0.401. The molecular weight excluding hydrogens is 373 g/mol. The summed E-state index contributed by atoms with van der Waals surface area (Å²) in [5.74, 6) is -1.32. The summed E-state index contributed by atoms with van der Waals surface area (Å²) in [6.07, 6.45) is -0.892. The van der Waals surface area contributed by atoms with E-state index in [1.54, 1.807) is 0 Å². The number of benzene rings is 2. The second-order valence-corrected chi connectivity index (χ2v) is 5.65. The molecule has 0 aliphatic carbocycles. The third kappa shape index (κ3) is 3.95. The molecule has 0 aliphatic rings. The Morgan fingerprint density at radius 3 is 2.54 bits per heavy atom. The molecule has 0 fully saturated rings. The van der Waals surface area contributed by atoms with E-state index in [2.05, 4.69) is 10.2 Å². The summed E-state index contributed by atoms with van der Waals surface area (Å²) < 4.78 is 29.2. The molecule has 0 aliphatic heterocycles. The average molecular weight is 387 g/mol. The quantitative estimate of drug-likeness (QED) is 0.357. The number of carbonyl (C=O) groups excluding carboxylic acids is 1. The molecule has 10 heteroatoms. The summed E-state index contributed by atoms with van der Waals surface area (Å²) in [6.45, 7) is 1.52. The fraction of sp³-hybridized carbons (Fsp3) is 0.167. The van der Waals surface area contributed by atoms with Gasteiger partial charge in [-0.3, -0.25) is 10.1 Å². The van der Waals surface area contributed by atoms with Crippen LogP contribution in [0.1, 0.15) is 29.3 Å². The van der Waals surface area contributed by atoms with Crippen molar-refractivity contribution < 1.29 is 28.0 Å². The van der Waals surface area contributed by atoms with Crippen LogP contribution in [0.15, 0.2) is 46.9 Å². The smallest absolute Gasteiger partial charge is 0.339 e. The number of nitro groups is 1. The lowest BCUT2D eigenvalue weighted by atomic mass is 10.2. The number of nitrogens with zero attached hydrogens (tertiary/aromatic N) is 3. The summed E-state index contributed by atoms with van der Waals surface area (Å²) in [7, 11) is 1.32. The van der Waals surface area contributed by atoms with Crippen molar-refractivity contribution in [1.82, 2.24) is 10.2 Å².